The highest BCUT2D eigenvalue weighted by molar-refractivity contribution is 5.12. The molecule has 0 amide bonds. The third kappa shape index (κ3) is 3.80. The number of ether oxygens (including phenoxy) is 2. The van der Waals surface area contributed by atoms with E-state index in [0.717, 1.165) is 44.1 Å². The maximum Gasteiger partial charge on any atom is 0.0700 e. The van der Waals surface area contributed by atoms with Crippen LogP contribution in [0.25, 0.3) is 0 Å². The molecule has 0 aromatic carbocycles. The molecule has 17 heavy (non-hydrogen) atoms. The predicted octanol–water partition coefficient (Wildman–Crippen LogP) is 1.98. The van der Waals surface area contributed by atoms with Crippen molar-refractivity contribution >= 4 is 0 Å². The van der Waals surface area contributed by atoms with Gasteiger partial charge in [0.25, 0.3) is 0 Å². The minimum absolute atomic E-state index is 0.704. The monoisotopic (exact) mass is 239 g/mol. The van der Waals surface area contributed by atoms with Crippen LogP contribution < -0.4 is 5.32 Å². The van der Waals surface area contributed by atoms with Gasteiger partial charge in [0, 0.05) is 19.8 Å². The topological polar surface area (TPSA) is 30.5 Å². The van der Waals surface area contributed by atoms with E-state index in [0.29, 0.717) is 6.61 Å². The molecule has 3 atom stereocenters. The van der Waals surface area contributed by atoms with Gasteiger partial charge in [0.05, 0.1) is 13.2 Å². The van der Waals surface area contributed by atoms with Gasteiger partial charge >= 0.3 is 0 Å². The number of allylic oxidation sites excluding steroid dienone is 1. The number of rotatable bonds is 9. The Bertz CT molecular complexity index is 242. The highest BCUT2D eigenvalue weighted by Crippen LogP contribution is 2.42. The zero-order chi connectivity index (χ0) is 11.9. The lowest BCUT2D eigenvalue weighted by Crippen LogP contribution is -2.48. The molecule has 2 rings (SSSR count). The molecule has 1 saturated carbocycles. The van der Waals surface area contributed by atoms with Gasteiger partial charge in [-0.15, -0.1) is 0 Å². The van der Waals surface area contributed by atoms with E-state index in [1.807, 2.05) is 0 Å². The van der Waals surface area contributed by atoms with Gasteiger partial charge in [0.1, 0.15) is 0 Å². The van der Waals surface area contributed by atoms with Crippen LogP contribution in [0.4, 0.5) is 0 Å². The van der Waals surface area contributed by atoms with Gasteiger partial charge < -0.3 is 14.8 Å². The Labute approximate surface area is 105 Å². The maximum absolute atomic E-state index is 5.43. The fourth-order valence-corrected chi connectivity index (χ4v) is 2.81. The molecular weight excluding hydrogens is 214 g/mol. The lowest BCUT2D eigenvalue weighted by molar-refractivity contribution is 0.0683. The average molecular weight is 239 g/mol. The molecule has 3 unspecified atom stereocenters. The Balaban J connectivity index is 1.38. The van der Waals surface area contributed by atoms with E-state index in [4.69, 9.17) is 9.47 Å². The van der Waals surface area contributed by atoms with Crippen LogP contribution in [0.15, 0.2) is 12.2 Å². The van der Waals surface area contributed by atoms with E-state index < -0.39 is 0 Å². The molecule has 0 bridgehead atoms. The number of hydrogen-bond donors (Lipinski definition) is 1. The van der Waals surface area contributed by atoms with Crippen LogP contribution in [-0.2, 0) is 9.47 Å². The summed E-state index contributed by atoms with van der Waals surface area (Å²) in [5.41, 5.74) is 0. The molecule has 0 spiro atoms. The van der Waals surface area contributed by atoms with Gasteiger partial charge in [-0.3, -0.25) is 0 Å². The fourth-order valence-electron chi connectivity index (χ4n) is 2.81. The van der Waals surface area contributed by atoms with Crippen molar-refractivity contribution in [1.29, 1.82) is 0 Å². The summed E-state index contributed by atoms with van der Waals surface area (Å²) in [6.45, 7) is 3.42. The summed E-state index contributed by atoms with van der Waals surface area (Å²) in [5.74, 6) is 1.80. The van der Waals surface area contributed by atoms with Crippen molar-refractivity contribution in [2.45, 2.75) is 31.7 Å². The average Bonchev–Trinajstić information content (AvgIpc) is 2.69. The zero-order valence-corrected chi connectivity index (χ0v) is 10.9. The molecule has 0 heterocycles. The van der Waals surface area contributed by atoms with Crippen LogP contribution in [0.5, 0.6) is 0 Å². The quantitative estimate of drug-likeness (QED) is 0.493. The van der Waals surface area contributed by atoms with Crippen LogP contribution in [0.3, 0.4) is 0 Å². The Kier molecular flexibility index (Phi) is 5.49. The van der Waals surface area contributed by atoms with Crippen LogP contribution in [0, 0.1) is 11.8 Å². The Hall–Kier alpha value is -0.380. The molecule has 3 nitrogen and oxygen atoms in total. The second kappa shape index (κ2) is 7.14. The SMILES string of the molecule is COCCOCCCCNC1CC2CC=CC21. The highest BCUT2D eigenvalue weighted by atomic mass is 16.5. The van der Waals surface area contributed by atoms with Gasteiger partial charge in [-0.05, 0) is 44.1 Å². The van der Waals surface area contributed by atoms with Gasteiger partial charge in [-0.2, -0.15) is 0 Å². The minimum Gasteiger partial charge on any atom is -0.382 e. The Morgan fingerprint density at radius 1 is 1.24 bits per heavy atom. The van der Waals surface area contributed by atoms with Crippen molar-refractivity contribution in [2.24, 2.45) is 11.8 Å². The van der Waals surface area contributed by atoms with E-state index in [2.05, 4.69) is 17.5 Å². The Morgan fingerprint density at radius 3 is 3.00 bits per heavy atom. The smallest absolute Gasteiger partial charge is 0.0700 e. The number of methoxy groups -OCH3 is 1. The normalized spacial score (nSPS) is 30.3. The standard InChI is InChI=1S/C14H25NO2/c1-16-9-10-17-8-3-2-7-15-14-11-12-5-4-6-13(12)14/h4,6,12-15H,2-3,5,7-11H2,1H3. The summed E-state index contributed by atoms with van der Waals surface area (Å²) in [7, 11) is 1.70. The Morgan fingerprint density at radius 2 is 2.18 bits per heavy atom. The largest absolute Gasteiger partial charge is 0.382 e. The third-order valence-electron chi connectivity index (χ3n) is 3.92. The highest BCUT2D eigenvalue weighted by Gasteiger charge is 2.40. The van der Waals surface area contributed by atoms with Crippen molar-refractivity contribution in [3.8, 4) is 0 Å². The van der Waals surface area contributed by atoms with E-state index in [9.17, 15) is 0 Å². The molecule has 0 aromatic rings. The molecule has 2 aliphatic rings. The molecular formula is C14H25NO2. The van der Waals surface area contributed by atoms with Crippen LogP contribution >= 0.6 is 0 Å². The third-order valence-corrected chi connectivity index (χ3v) is 3.92. The summed E-state index contributed by atoms with van der Waals surface area (Å²) >= 11 is 0. The predicted molar refractivity (Wildman–Crippen MR) is 69.1 cm³/mol. The summed E-state index contributed by atoms with van der Waals surface area (Å²) in [6, 6.07) is 0.758. The summed E-state index contributed by atoms with van der Waals surface area (Å²) in [4.78, 5) is 0. The maximum atomic E-state index is 5.43. The molecule has 2 aliphatic carbocycles. The summed E-state index contributed by atoms with van der Waals surface area (Å²) in [6.07, 6.45) is 9.80. The number of nitrogens with one attached hydrogen (secondary N) is 1. The molecule has 98 valence electrons. The van der Waals surface area contributed by atoms with Crippen molar-refractivity contribution in [1.82, 2.24) is 5.32 Å². The first-order valence-corrected chi connectivity index (χ1v) is 6.88. The van der Waals surface area contributed by atoms with Crippen LogP contribution in [-0.4, -0.2) is 39.5 Å². The van der Waals surface area contributed by atoms with E-state index in [1.165, 1.54) is 19.3 Å². The lowest BCUT2D eigenvalue weighted by atomic mass is 9.71. The first kappa shape index (κ1) is 13.1. The summed E-state index contributed by atoms with van der Waals surface area (Å²) < 4.78 is 10.3. The van der Waals surface area contributed by atoms with Crippen molar-refractivity contribution in [2.75, 3.05) is 33.5 Å². The summed E-state index contributed by atoms with van der Waals surface area (Å²) in [5, 5.41) is 3.66. The lowest BCUT2D eigenvalue weighted by Gasteiger charge is -2.40. The minimum atomic E-state index is 0.704. The fraction of sp³-hybridized carbons (Fsp3) is 0.857. The first-order valence-electron chi connectivity index (χ1n) is 6.88. The molecule has 3 heteroatoms. The first-order chi connectivity index (χ1) is 8.42. The van der Waals surface area contributed by atoms with Crippen LogP contribution in [0.2, 0.25) is 0 Å². The second-order valence-electron chi connectivity index (χ2n) is 5.11. The van der Waals surface area contributed by atoms with E-state index in [1.54, 1.807) is 7.11 Å². The number of unbranched alkanes of at least 4 members (excludes halogenated alkanes) is 1. The van der Waals surface area contributed by atoms with Gasteiger partial charge in [0.15, 0.2) is 0 Å². The van der Waals surface area contributed by atoms with Crippen molar-refractivity contribution in [3.63, 3.8) is 0 Å². The van der Waals surface area contributed by atoms with Crippen molar-refractivity contribution < 1.29 is 9.47 Å². The van der Waals surface area contributed by atoms with Crippen LogP contribution in [0.1, 0.15) is 25.7 Å². The van der Waals surface area contributed by atoms with Gasteiger partial charge in [-0.25, -0.2) is 0 Å². The van der Waals surface area contributed by atoms with Gasteiger partial charge in [-0.1, -0.05) is 12.2 Å². The molecule has 0 radical (unpaired) electrons. The van der Waals surface area contributed by atoms with E-state index >= 15 is 0 Å². The van der Waals surface area contributed by atoms with Crippen molar-refractivity contribution in [3.05, 3.63) is 12.2 Å². The molecule has 1 fully saturated rings. The molecule has 0 saturated heterocycles. The van der Waals surface area contributed by atoms with Gasteiger partial charge in [0.2, 0.25) is 0 Å². The van der Waals surface area contributed by atoms with E-state index in [-0.39, 0.29) is 0 Å². The number of fused-ring (bicyclic) bond motifs is 1. The second-order valence-corrected chi connectivity index (χ2v) is 5.11. The molecule has 0 aromatic heterocycles. The molecule has 1 N–H and O–H groups in total. The molecule has 0 aliphatic heterocycles. The number of hydrogen-bond acceptors (Lipinski definition) is 3. The zero-order valence-electron chi connectivity index (χ0n) is 10.9.